The highest BCUT2D eigenvalue weighted by Crippen LogP contribution is 2.29. The third-order valence-electron chi connectivity index (χ3n) is 5.00. The number of aryl methyl sites for hydroxylation is 2. The highest BCUT2D eigenvalue weighted by Gasteiger charge is 2.26. The number of nitrogens with one attached hydrogen (secondary N) is 1. The monoisotopic (exact) mass is 372 g/mol. The molecule has 0 atom stereocenters. The topological polar surface area (TPSA) is 96.2 Å². The third-order valence-corrected chi connectivity index (χ3v) is 5.00. The van der Waals surface area contributed by atoms with Crippen molar-refractivity contribution in [3.63, 3.8) is 0 Å². The van der Waals surface area contributed by atoms with Crippen LogP contribution in [0.2, 0.25) is 0 Å². The Morgan fingerprint density at radius 2 is 2.11 bits per heavy atom. The smallest absolute Gasteiger partial charge is 0.254 e. The van der Waals surface area contributed by atoms with Crippen LogP contribution < -0.4 is 5.32 Å². The molecular weight excluding hydrogens is 344 g/mol. The summed E-state index contributed by atoms with van der Waals surface area (Å²) in [6.07, 6.45) is 8.01. The molecule has 1 aliphatic rings. The van der Waals surface area contributed by atoms with Gasteiger partial charge in [0.1, 0.15) is 5.82 Å². The SMILES string of the molecule is Cc1ncc(C(=O)NCc2cnn(C)c2)c(C2CCN(CCCO)CC2)n1. The van der Waals surface area contributed by atoms with E-state index in [1.807, 2.05) is 20.2 Å². The van der Waals surface area contributed by atoms with Crippen LogP contribution in [0.15, 0.2) is 18.6 Å². The van der Waals surface area contributed by atoms with E-state index in [2.05, 4.69) is 25.3 Å². The van der Waals surface area contributed by atoms with Crippen LogP contribution >= 0.6 is 0 Å². The van der Waals surface area contributed by atoms with Crippen LogP contribution in [0, 0.1) is 6.92 Å². The van der Waals surface area contributed by atoms with Gasteiger partial charge in [-0.15, -0.1) is 0 Å². The highest BCUT2D eigenvalue weighted by molar-refractivity contribution is 5.95. The molecule has 0 bridgehead atoms. The Bertz CT molecular complexity index is 767. The molecular formula is C19H28N6O2. The van der Waals surface area contributed by atoms with E-state index in [0.717, 1.165) is 50.2 Å². The predicted molar refractivity (Wildman–Crippen MR) is 101 cm³/mol. The number of amides is 1. The lowest BCUT2D eigenvalue weighted by atomic mass is 9.90. The number of hydrogen-bond acceptors (Lipinski definition) is 6. The van der Waals surface area contributed by atoms with Crippen molar-refractivity contribution in [2.45, 2.75) is 38.6 Å². The molecule has 146 valence electrons. The summed E-state index contributed by atoms with van der Waals surface area (Å²) in [6.45, 7) is 5.36. The van der Waals surface area contributed by atoms with Gasteiger partial charge in [0, 0.05) is 50.6 Å². The molecule has 0 unspecified atom stereocenters. The molecule has 0 aromatic carbocycles. The van der Waals surface area contributed by atoms with Crippen molar-refractivity contribution in [1.82, 2.24) is 30.0 Å². The summed E-state index contributed by atoms with van der Waals surface area (Å²) < 4.78 is 1.71. The zero-order valence-electron chi connectivity index (χ0n) is 16.1. The van der Waals surface area contributed by atoms with Crippen LogP contribution in [0.5, 0.6) is 0 Å². The summed E-state index contributed by atoms with van der Waals surface area (Å²) in [4.78, 5) is 24.0. The summed E-state index contributed by atoms with van der Waals surface area (Å²) in [5.41, 5.74) is 2.38. The number of carbonyl (C=O) groups is 1. The van der Waals surface area contributed by atoms with Crippen LogP contribution in [-0.4, -0.2) is 61.9 Å². The Hall–Kier alpha value is -2.32. The maximum absolute atomic E-state index is 12.7. The second-order valence-corrected chi connectivity index (χ2v) is 7.11. The van der Waals surface area contributed by atoms with E-state index in [4.69, 9.17) is 5.11 Å². The zero-order valence-corrected chi connectivity index (χ0v) is 16.1. The van der Waals surface area contributed by atoms with Crippen molar-refractivity contribution in [1.29, 1.82) is 0 Å². The summed E-state index contributed by atoms with van der Waals surface area (Å²) in [6, 6.07) is 0. The maximum atomic E-state index is 12.7. The van der Waals surface area contributed by atoms with E-state index >= 15 is 0 Å². The van der Waals surface area contributed by atoms with Crippen molar-refractivity contribution in [2.75, 3.05) is 26.2 Å². The third kappa shape index (κ3) is 5.11. The lowest BCUT2D eigenvalue weighted by Gasteiger charge is -2.32. The van der Waals surface area contributed by atoms with Crippen LogP contribution in [0.3, 0.4) is 0 Å². The Balaban J connectivity index is 1.67. The Kier molecular flexibility index (Phi) is 6.52. The zero-order chi connectivity index (χ0) is 19.2. The first-order valence-corrected chi connectivity index (χ1v) is 9.49. The minimum Gasteiger partial charge on any atom is -0.396 e. The summed E-state index contributed by atoms with van der Waals surface area (Å²) in [5, 5.41) is 16.1. The van der Waals surface area contributed by atoms with Gasteiger partial charge in [0.05, 0.1) is 17.5 Å². The quantitative estimate of drug-likeness (QED) is 0.753. The number of aromatic nitrogens is 4. The van der Waals surface area contributed by atoms with Gasteiger partial charge in [-0.1, -0.05) is 0 Å². The number of aliphatic hydroxyl groups excluding tert-OH is 1. The number of likely N-dealkylation sites (tertiary alicyclic amines) is 1. The lowest BCUT2D eigenvalue weighted by molar-refractivity contribution is 0.0947. The summed E-state index contributed by atoms with van der Waals surface area (Å²) in [7, 11) is 1.85. The molecule has 0 aliphatic carbocycles. The standard InChI is InChI=1S/C19H28N6O2/c1-14-20-12-17(19(27)21-10-15-11-22-24(2)13-15)18(23-14)16-4-7-25(8-5-16)6-3-9-26/h11-13,16,26H,3-10H2,1-2H3,(H,21,27). The van der Waals surface area contributed by atoms with Gasteiger partial charge >= 0.3 is 0 Å². The fourth-order valence-corrected chi connectivity index (χ4v) is 3.54. The van der Waals surface area contributed by atoms with Gasteiger partial charge in [0.25, 0.3) is 5.91 Å². The Labute approximate surface area is 159 Å². The van der Waals surface area contributed by atoms with Gasteiger partial charge in [0.15, 0.2) is 0 Å². The molecule has 2 N–H and O–H groups in total. The molecule has 2 aromatic rings. The number of nitrogens with zero attached hydrogens (tertiary/aromatic N) is 5. The predicted octanol–water partition coefficient (Wildman–Crippen LogP) is 1.01. The van der Waals surface area contributed by atoms with Gasteiger partial charge in [-0.3, -0.25) is 9.48 Å². The Morgan fingerprint density at radius 1 is 1.33 bits per heavy atom. The number of aliphatic hydroxyl groups is 1. The van der Waals surface area contributed by atoms with Gasteiger partial charge < -0.3 is 15.3 Å². The summed E-state index contributed by atoms with van der Waals surface area (Å²) >= 11 is 0. The van der Waals surface area contributed by atoms with E-state index in [-0.39, 0.29) is 18.4 Å². The molecule has 3 heterocycles. The molecule has 1 saturated heterocycles. The fourth-order valence-electron chi connectivity index (χ4n) is 3.54. The molecule has 0 spiro atoms. The molecule has 2 aromatic heterocycles. The van der Waals surface area contributed by atoms with Crippen LogP contribution in [0.25, 0.3) is 0 Å². The largest absolute Gasteiger partial charge is 0.396 e. The second-order valence-electron chi connectivity index (χ2n) is 7.11. The van der Waals surface area contributed by atoms with Gasteiger partial charge in [-0.2, -0.15) is 5.10 Å². The fraction of sp³-hybridized carbons (Fsp3) is 0.579. The number of carbonyl (C=O) groups excluding carboxylic acids is 1. The first-order chi connectivity index (χ1) is 13.1. The minimum absolute atomic E-state index is 0.142. The normalized spacial score (nSPS) is 15.8. The van der Waals surface area contributed by atoms with E-state index in [9.17, 15) is 4.79 Å². The highest BCUT2D eigenvalue weighted by atomic mass is 16.3. The molecule has 1 amide bonds. The first kappa shape index (κ1) is 19.4. The van der Waals surface area contributed by atoms with Crippen molar-refractivity contribution in [3.05, 3.63) is 41.2 Å². The van der Waals surface area contributed by atoms with E-state index in [1.54, 1.807) is 17.1 Å². The average Bonchev–Trinajstić information content (AvgIpc) is 3.10. The van der Waals surface area contributed by atoms with Crippen LogP contribution in [-0.2, 0) is 13.6 Å². The van der Waals surface area contributed by atoms with Crippen molar-refractivity contribution >= 4 is 5.91 Å². The molecule has 1 aliphatic heterocycles. The average molecular weight is 372 g/mol. The van der Waals surface area contributed by atoms with E-state index in [0.29, 0.717) is 17.9 Å². The van der Waals surface area contributed by atoms with Gasteiger partial charge in [-0.25, -0.2) is 9.97 Å². The molecule has 1 fully saturated rings. The van der Waals surface area contributed by atoms with Crippen molar-refractivity contribution < 1.29 is 9.90 Å². The maximum Gasteiger partial charge on any atom is 0.254 e. The molecule has 0 saturated carbocycles. The molecule has 27 heavy (non-hydrogen) atoms. The lowest BCUT2D eigenvalue weighted by Crippen LogP contribution is -2.35. The van der Waals surface area contributed by atoms with Crippen molar-refractivity contribution in [2.24, 2.45) is 7.05 Å². The van der Waals surface area contributed by atoms with Crippen LogP contribution in [0.1, 0.15) is 52.6 Å². The number of rotatable bonds is 7. The Morgan fingerprint density at radius 3 is 2.78 bits per heavy atom. The second kappa shape index (κ2) is 9.05. The van der Waals surface area contributed by atoms with Gasteiger partial charge in [-0.05, 0) is 39.3 Å². The molecule has 8 heteroatoms. The summed E-state index contributed by atoms with van der Waals surface area (Å²) in [5.74, 6) is 0.810. The minimum atomic E-state index is -0.142. The molecule has 0 radical (unpaired) electrons. The van der Waals surface area contributed by atoms with Crippen LogP contribution in [0.4, 0.5) is 0 Å². The van der Waals surface area contributed by atoms with Crippen molar-refractivity contribution in [3.8, 4) is 0 Å². The molecule has 3 rings (SSSR count). The first-order valence-electron chi connectivity index (χ1n) is 9.49. The van der Waals surface area contributed by atoms with E-state index in [1.165, 1.54) is 0 Å². The van der Waals surface area contributed by atoms with Gasteiger partial charge in [0.2, 0.25) is 0 Å². The van der Waals surface area contributed by atoms with E-state index < -0.39 is 0 Å². The number of piperidine rings is 1. The number of hydrogen-bond donors (Lipinski definition) is 2. The molecule has 8 nitrogen and oxygen atoms in total.